The fourth-order valence-electron chi connectivity index (χ4n) is 5.27. The van der Waals surface area contributed by atoms with Gasteiger partial charge in [0.2, 0.25) is 5.91 Å². The number of aliphatic hydroxyl groups excluding tert-OH is 3. The van der Waals surface area contributed by atoms with Gasteiger partial charge >= 0.3 is 5.97 Å². The number of likely N-dealkylation sites (tertiary alicyclic amines) is 1. The number of allylic oxidation sites excluding steroid dienone is 1. The number of fused-ring (bicyclic) bond motifs is 1. The van der Waals surface area contributed by atoms with E-state index in [0.717, 1.165) is 37.8 Å². The molecule has 43 heavy (non-hydrogen) atoms. The molecule has 0 radical (unpaired) electrons. The molecule has 242 valence electrons. The molecule has 2 fully saturated rings. The lowest BCUT2D eigenvalue weighted by Crippen LogP contribution is -2.50. The molecule has 3 heterocycles. The fraction of sp³-hybridized carbons (Fsp3) is 0.710. The van der Waals surface area contributed by atoms with Gasteiger partial charge in [0.25, 0.3) is 5.91 Å². The Balaban J connectivity index is 1.23. The van der Waals surface area contributed by atoms with E-state index in [0.29, 0.717) is 38.0 Å². The van der Waals surface area contributed by atoms with Gasteiger partial charge in [-0.2, -0.15) is 0 Å². The first kappa shape index (κ1) is 35.6. The number of nitrogens with zero attached hydrogens (tertiary/aromatic N) is 1. The number of hydrogen-bond donors (Lipinski definition) is 4. The second kappa shape index (κ2) is 17.6. The van der Waals surface area contributed by atoms with Gasteiger partial charge in [0, 0.05) is 36.6 Å². The average Bonchev–Trinajstić information content (AvgIpc) is 3.52. The van der Waals surface area contributed by atoms with E-state index in [1.807, 2.05) is 24.5 Å². The van der Waals surface area contributed by atoms with Gasteiger partial charge in [-0.15, -0.1) is 0 Å². The number of nitrogens with one attached hydrogen (secondary N) is 1. The smallest absolute Gasteiger partial charge is 0.330 e. The molecule has 2 saturated heterocycles. The van der Waals surface area contributed by atoms with Crippen LogP contribution in [0.5, 0.6) is 0 Å². The lowest BCUT2D eigenvalue weighted by Gasteiger charge is -2.37. The van der Waals surface area contributed by atoms with Gasteiger partial charge in [0.1, 0.15) is 12.1 Å². The maximum absolute atomic E-state index is 12.4. The van der Waals surface area contributed by atoms with Gasteiger partial charge in [0.15, 0.2) is 0 Å². The molecule has 0 aliphatic carbocycles. The second-order valence-corrected chi connectivity index (χ2v) is 14.1. The molecule has 0 aromatic rings. The number of ether oxygens (including phenoxy) is 2. The Morgan fingerprint density at radius 3 is 2.65 bits per heavy atom. The first-order chi connectivity index (χ1) is 20.5. The predicted octanol–water partition coefficient (Wildman–Crippen LogP) is 3.47. The lowest BCUT2D eigenvalue weighted by atomic mass is 9.87. The number of amides is 2. The fourth-order valence-corrected chi connectivity index (χ4v) is 8.00. The largest absolute Gasteiger partial charge is 0.463 e. The predicted molar refractivity (Wildman–Crippen MR) is 169 cm³/mol. The van der Waals surface area contributed by atoms with Gasteiger partial charge in [-0.1, -0.05) is 65.5 Å². The topological polar surface area (TPSA) is 146 Å². The molecule has 8 atom stereocenters. The summed E-state index contributed by atoms with van der Waals surface area (Å²) in [5.41, 5.74) is 1.67. The highest BCUT2D eigenvalue weighted by Crippen LogP contribution is 2.47. The molecule has 0 aromatic heterocycles. The Labute approximate surface area is 263 Å². The standard InChI is InChI=1S/C31H48N2O8S2/c1-19(15-24-29(38)28(37)22(17-41-24)12-10-11-20(2)21(3)34)16-26(36)40-14-9-7-5-6-8-13-25(35)32-27-30-23(18-42-43-30)33(4)31(27)39/h10-11,16,18,20-22,24,27-30,34,37-38H,5-9,12-15,17H2,1-4H3,(H,32,35)/b11-10+,19-16+/t20-,21+,22+,24+,27?,28-,29+,30?/m1/s1. The molecule has 2 amide bonds. The molecule has 12 heteroatoms. The summed E-state index contributed by atoms with van der Waals surface area (Å²) in [5.74, 6) is -0.839. The first-order valence-electron chi connectivity index (χ1n) is 15.2. The summed E-state index contributed by atoms with van der Waals surface area (Å²) in [5, 5.41) is 35.6. The Kier molecular flexibility index (Phi) is 14.6. The van der Waals surface area contributed by atoms with E-state index >= 15 is 0 Å². The van der Waals surface area contributed by atoms with Crippen LogP contribution in [0.15, 0.2) is 34.9 Å². The second-order valence-electron chi connectivity index (χ2n) is 11.9. The van der Waals surface area contributed by atoms with Crippen molar-refractivity contribution < 1.29 is 39.2 Å². The summed E-state index contributed by atoms with van der Waals surface area (Å²) in [7, 11) is 4.94. The summed E-state index contributed by atoms with van der Waals surface area (Å²) in [6.45, 7) is 6.01. The van der Waals surface area contributed by atoms with Gasteiger partial charge < -0.3 is 35.0 Å². The van der Waals surface area contributed by atoms with Crippen LogP contribution in [0.3, 0.4) is 0 Å². The van der Waals surface area contributed by atoms with Crippen LogP contribution in [0.4, 0.5) is 0 Å². The van der Waals surface area contributed by atoms with Gasteiger partial charge in [-0.3, -0.25) is 9.59 Å². The quantitative estimate of drug-likeness (QED) is 0.0651. The number of rotatable bonds is 16. The molecule has 3 rings (SSSR count). The third kappa shape index (κ3) is 10.6. The van der Waals surface area contributed by atoms with Crippen LogP contribution in [-0.2, 0) is 23.9 Å². The van der Waals surface area contributed by atoms with Crippen LogP contribution in [-0.4, -0.2) is 94.0 Å². The van der Waals surface area contributed by atoms with E-state index < -0.39 is 36.4 Å². The van der Waals surface area contributed by atoms with Crippen molar-refractivity contribution in [3.05, 3.63) is 34.9 Å². The summed E-state index contributed by atoms with van der Waals surface area (Å²) in [6, 6.07) is -0.487. The molecule has 3 aliphatic rings. The SMILES string of the molecule is C/C(=C\C(=O)OCCCCCCCC(=O)NC1C(=O)N(C)C2=CSSC21)C[C@@H]1OC[C@H](C/C=C/[C@@H](C)[C@H](C)O)[C@@H](O)[C@H]1O. The van der Waals surface area contributed by atoms with E-state index in [4.69, 9.17) is 9.47 Å². The normalized spacial score (nSPS) is 29.0. The third-order valence-electron chi connectivity index (χ3n) is 8.28. The van der Waals surface area contributed by atoms with Crippen molar-refractivity contribution in [2.24, 2.45) is 11.8 Å². The molecular formula is C31H48N2O8S2. The highest BCUT2D eigenvalue weighted by molar-refractivity contribution is 8.78. The van der Waals surface area contributed by atoms with Crippen LogP contribution in [0.25, 0.3) is 0 Å². The number of hydrogen-bond acceptors (Lipinski definition) is 10. The van der Waals surface area contributed by atoms with Crippen molar-refractivity contribution in [2.75, 3.05) is 20.3 Å². The maximum atomic E-state index is 12.4. The monoisotopic (exact) mass is 640 g/mol. The summed E-state index contributed by atoms with van der Waals surface area (Å²) in [4.78, 5) is 38.6. The number of carbonyl (C=O) groups is 3. The molecule has 10 nitrogen and oxygen atoms in total. The molecule has 0 saturated carbocycles. The van der Waals surface area contributed by atoms with E-state index in [9.17, 15) is 29.7 Å². The number of aliphatic hydroxyl groups is 3. The zero-order chi connectivity index (χ0) is 31.5. The summed E-state index contributed by atoms with van der Waals surface area (Å²) in [6.07, 6.45) is 7.53. The Morgan fingerprint density at radius 2 is 1.91 bits per heavy atom. The van der Waals surface area contributed by atoms with Crippen LogP contribution < -0.4 is 5.32 Å². The van der Waals surface area contributed by atoms with E-state index in [-0.39, 0.29) is 28.9 Å². The van der Waals surface area contributed by atoms with Crippen molar-refractivity contribution in [3.8, 4) is 0 Å². The number of likely N-dealkylation sites (N-methyl/N-ethyl adjacent to an activating group) is 1. The highest BCUT2D eigenvalue weighted by Gasteiger charge is 2.46. The van der Waals surface area contributed by atoms with Crippen molar-refractivity contribution >= 4 is 39.4 Å². The zero-order valence-electron chi connectivity index (χ0n) is 25.6. The van der Waals surface area contributed by atoms with Crippen LogP contribution in [0, 0.1) is 11.8 Å². The molecule has 2 unspecified atom stereocenters. The Morgan fingerprint density at radius 1 is 1.19 bits per heavy atom. The lowest BCUT2D eigenvalue weighted by molar-refractivity contribution is -0.162. The van der Waals surface area contributed by atoms with Crippen LogP contribution >= 0.6 is 21.6 Å². The molecular weight excluding hydrogens is 592 g/mol. The van der Waals surface area contributed by atoms with Gasteiger partial charge in [-0.05, 0) is 45.4 Å². The molecule has 0 spiro atoms. The van der Waals surface area contributed by atoms with Crippen molar-refractivity contribution in [3.63, 3.8) is 0 Å². The minimum absolute atomic E-state index is 0.00700. The third-order valence-corrected chi connectivity index (χ3v) is 10.7. The highest BCUT2D eigenvalue weighted by atomic mass is 33.1. The van der Waals surface area contributed by atoms with Gasteiger partial charge in [0.05, 0.1) is 36.8 Å². The van der Waals surface area contributed by atoms with Crippen LogP contribution in [0.1, 0.15) is 72.1 Å². The first-order valence-corrected chi connectivity index (χ1v) is 17.5. The average molecular weight is 641 g/mol. The van der Waals surface area contributed by atoms with E-state index in [2.05, 4.69) is 5.32 Å². The summed E-state index contributed by atoms with van der Waals surface area (Å²) >= 11 is 0. The van der Waals surface area contributed by atoms with E-state index in [1.54, 1.807) is 47.4 Å². The van der Waals surface area contributed by atoms with Crippen molar-refractivity contribution in [1.29, 1.82) is 0 Å². The van der Waals surface area contributed by atoms with Crippen molar-refractivity contribution in [2.45, 2.75) is 108 Å². The van der Waals surface area contributed by atoms with Crippen LogP contribution in [0.2, 0.25) is 0 Å². The number of esters is 1. The number of carbonyl (C=O) groups excluding carboxylic acids is 3. The Bertz CT molecular complexity index is 1050. The summed E-state index contributed by atoms with van der Waals surface area (Å²) < 4.78 is 11.1. The van der Waals surface area contributed by atoms with Crippen molar-refractivity contribution in [1.82, 2.24) is 10.2 Å². The molecule has 3 aliphatic heterocycles. The minimum atomic E-state index is -1.06. The molecule has 0 aromatic carbocycles. The minimum Gasteiger partial charge on any atom is -0.463 e. The molecule has 4 N–H and O–H groups in total. The zero-order valence-corrected chi connectivity index (χ0v) is 27.3. The maximum Gasteiger partial charge on any atom is 0.330 e. The Hall–Kier alpha value is -1.83. The molecule has 0 bridgehead atoms. The van der Waals surface area contributed by atoms with Gasteiger partial charge in [-0.25, -0.2) is 4.79 Å². The van der Waals surface area contributed by atoms with E-state index in [1.165, 1.54) is 6.08 Å². The number of unbranched alkanes of at least 4 members (excludes halogenated alkanes) is 4.